The summed E-state index contributed by atoms with van der Waals surface area (Å²) >= 11 is 0. The molecular weight excluding hydrogens is 212 g/mol. The number of nitrogens with zero attached hydrogens (tertiary/aromatic N) is 1. The second-order valence-corrected chi connectivity index (χ2v) is 2.94. The maximum absolute atomic E-state index is 8.55. The largest absolute Gasteiger partial charge is 0.494 e. The normalized spacial score (nSPS) is 11.0. The van der Waals surface area contributed by atoms with Gasteiger partial charge in [0.25, 0.3) is 0 Å². The molecular formula is C11H15ClN2O. The molecule has 0 aliphatic rings. The number of halogens is 1. The molecule has 0 heterocycles. The molecule has 0 saturated carbocycles. The van der Waals surface area contributed by atoms with Gasteiger partial charge in [0.2, 0.25) is 0 Å². The van der Waals surface area contributed by atoms with Crippen LogP contribution in [0.2, 0.25) is 0 Å². The van der Waals surface area contributed by atoms with E-state index in [9.17, 15) is 0 Å². The van der Waals surface area contributed by atoms with Gasteiger partial charge in [0.1, 0.15) is 5.75 Å². The fourth-order valence-electron chi connectivity index (χ4n) is 1.28. The van der Waals surface area contributed by atoms with E-state index in [4.69, 9.17) is 15.7 Å². The second-order valence-electron chi connectivity index (χ2n) is 2.94. The molecule has 0 aliphatic heterocycles. The molecule has 1 atom stereocenters. The van der Waals surface area contributed by atoms with E-state index in [2.05, 4.69) is 6.07 Å². The Labute approximate surface area is 96.3 Å². The van der Waals surface area contributed by atoms with Crippen molar-refractivity contribution < 1.29 is 4.74 Å². The summed E-state index contributed by atoms with van der Waals surface area (Å²) in [7, 11) is 0. The van der Waals surface area contributed by atoms with E-state index in [-0.39, 0.29) is 18.4 Å². The van der Waals surface area contributed by atoms with Crippen LogP contribution in [0.1, 0.15) is 24.9 Å². The molecule has 1 aromatic rings. The molecule has 0 saturated heterocycles. The molecule has 3 nitrogen and oxygen atoms in total. The van der Waals surface area contributed by atoms with E-state index in [0.29, 0.717) is 13.0 Å². The van der Waals surface area contributed by atoms with Gasteiger partial charge >= 0.3 is 0 Å². The number of benzene rings is 1. The zero-order chi connectivity index (χ0) is 10.4. The third-order valence-corrected chi connectivity index (χ3v) is 1.93. The average Bonchev–Trinajstić information content (AvgIpc) is 2.19. The molecule has 2 N–H and O–H groups in total. The highest BCUT2D eigenvalue weighted by atomic mass is 35.5. The molecule has 0 aromatic heterocycles. The van der Waals surface area contributed by atoms with Crippen LogP contribution < -0.4 is 10.5 Å². The number of para-hydroxylation sites is 1. The van der Waals surface area contributed by atoms with Crippen molar-refractivity contribution in [1.29, 1.82) is 5.26 Å². The molecule has 4 heteroatoms. The van der Waals surface area contributed by atoms with Crippen molar-refractivity contribution in [3.05, 3.63) is 29.8 Å². The summed E-state index contributed by atoms with van der Waals surface area (Å²) in [5, 5.41) is 8.55. The first kappa shape index (κ1) is 13.8. The van der Waals surface area contributed by atoms with Crippen LogP contribution >= 0.6 is 12.4 Å². The first-order chi connectivity index (χ1) is 6.79. The van der Waals surface area contributed by atoms with E-state index in [1.54, 1.807) is 0 Å². The predicted molar refractivity (Wildman–Crippen MR) is 62.0 cm³/mol. The molecule has 0 radical (unpaired) electrons. The Kier molecular flexibility index (Phi) is 6.52. The number of nitriles is 1. The van der Waals surface area contributed by atoms with Crippen LogP contribution in [0.3, 0.4) is 0 Å². The lowest BCUT2D eigenvalue weighted by Gasteiger charge is -2.13. The molecule has 0 bridgehead atoms. The highest BCUT2D eigenvalue weighted by Gasteiger charge is 2.10. The lowest BCUT2D eigenvalue weighted by Crippen LogP contribution is -2.11. The Hall–Kier alpha value is -1.24. The van der Waals surface area contributed by atoms with Crippen LogP contribution in [0, 0.1) is 11.3 Å². The molecule has 0 spiro atoms. The monoisotopic (exact) mass is 226 g/mol. The molecule has 0 unspecified atom stereocenters. The fourth-order valence-corrected chi connectivity index (χ4v) is 1.28. The van der Waals surface area contributed by atoms with Gasteiger partial charge in [-0.25, -0.2) is 0 Å². The summed E-state index contributed by atoms with van der Waals surface area (Å²) in [6.07, 6.45) is 0.310. The Balaban J connectivity index is 0.00000196. The number of hydrogen-bond donors (Lipinski definition) is 1. The summed E-state index contributed by atoms with van der Waals surface area (Å²) < 4.78 is 5.42. The lowest BCUT2D eigenvalue weighted by molar-refractivity contribution is 0.334. The summed E-state index contributed by atoms with van der Waals surface area (Å²) in [5.74, 6) is 0.776. The van der Waals surface area contributed by atoms with Gasteiger partial charge < -0.3 is 10.5 Å². The number of rotatable bonds is 4. The minimum absolute atomic E-state index is 0. The van der Waals surface area contributed by atoms with Gasteiger partial charge in [-0.2, -0.15) is 5.26 Å². The van der Waals surface area contributed by atoms with Crippen LogP contribution in [0.4, 0.5) is 0 Å². The van der Waals surface area contributed by atoms with Gasteiger partial charge in [0.05, 0.1) is 19.1 Å². The fraction of sp³-hybridized carbons (Fsp3) is 0.364. The highest BCUT2D eigenvalue weighted by molar-refractivity contribution is 5.85. The van der Waals surface area contributed by atoms with Crippen LogP contribution in [-0.4, -0.2) is 6.61 Å². The van der Waals surface area contributed by atoms with Gasteiger partial charge in [-0.05, 0) is 13.0 Å². The van der Waals surface area contributed by atoms with Crippen molar-refractivity contribution in [2.75, 3.05) is 6.61 Å². The van der Waals surface area contributed by atoms with Crippen LogP contribution in [0.5, 0.6) is 5.75 Å². The quantitative estimate of drug-likeness (QED) is 0.858. The SMILES string of the molecule is CCOc1ccccc1[C@@H](N)CC#N.Cl. The predicted octanol–water partition coefficient (Wildman–Crippen LogP) is 2.42. The Bertz CT molecular complexity index is 336. The van der Waals surface area contributed by atoms with Gasteiger partial charge in [-0.1, -0.05) is 18.2 Å². The van der Waals surface area contributed by atoms with Crippen molar-refractivity contribution in [3.63, 3.8) is 0 Å². The van der Waals surface area contributed by atoms with Crippen LogP contribution in [0.25, 0.3) is 0 Å². The standard InChI is InChI=1S/C11H14N2O.ClH/c1-2-14-11-6-4-3-5-9(11)10(13)7-8-12;/h3-6,10H,2,7,13H2,1H3;1H/t10-;/m0./s1. The van der Waals surface area contributed by atoms with Crippen molar-refractivity contribution in [3.8, 4) is 11.8 Å². The van der Waals surface area contributed by atoms with E-state index in [1.807, 2.05) is 31.2 Å². The van der Waals surface area contributed by atoms with Gasteiger partial charge in [0, 0.05) is 11.6 Å². The van der Waals surface area contributed by atoms with Crippen LogP contribution in [-0.2, 0) is 0 Å². The van der Waals surface area contributed by atoms with E-state index < -0.39 is 0 Å². The minimum atomic E-state index is -0.261. The Morgan fingerprint density at radius 2 is 2.13 bits per heavy atom. The van der Waals surface area contributed by atoms with E-state index >= 15 is 0 Å². The Morgan fingerprint density at radius 3 is 2.73 bits per heavy atom. The van der Waals surface area contributed by atoms with E-state index in [1.165, 1.54) is 0 Å². The summed E-state index contributed by atoms with van der Waals surface area (Å²) in [6, 6.07) is 9.35. The minimum Gasteiger partial charge on any atom is -0.494 e. The molecule has 0 aliphatic carbocycles. The maximum Gasteiger partial charge on any atom is 0.124 e. The number of ether oxygens (including phenoxy) is 1. The molecule has 0 amide bonds. The van der Waals surface area contributed by atoms with Crippen molar-refractivity contribution in [2.45, 2.75) is 19.4 Å². The smallest absolute Gasteiger partial charge is 0.124 e. The highest BCUT2D eigenvalue weighted by Crippen LogP contribution is 2.24. The first-order valence-corrected chi connectivity index (χ1v) is 4.63. The summed E-state index contributed by atoms with van der Waals surface area (Å²) in [5.41, 5.74) is 6.73. The summed E-state index contributed by atoms with van der Waals surface area (Å²) in [6.45, 7) is 2.53. The van der Waals surface area contributed by atoms with E-state index in [0.717, 1.165) is 11.3 Å². The zero-order valence-corrected chi connectivity index (χ0v) is 9.46. The van der Waals surface area contributed by atoms with Gasteiger partial charge in [-0.3, -0.25) is 0 Å². The van der Waals surface area contributed by atoms with Gasteiger partial charge in [-0.15, -0.1) is 12.4 Å². The van der Waals surface area contributed by atoms with Crippen LogP contribution in [0.15, 0.2) is 24.3 Å². The summed E-state index contributed by atoms with van der Waals surface area (Å²) in [4.78, 5) is 0. The lowest BCUT2D eigenvalue weighted by atomic mass is 10.0. The average molecular weight is 227 g/mol. The van der Waals surface area contributed by atoms with Gasteiger partial charge in [0.15, 0.2) is 0 Å². The second kappa shape index (κ2) is 7.10. The molecule has 1 aromatic carbocycles. The third kappa shape index (κ3) is 3.78. The van der Waals surface area contributed by atoms with Crippen molar-refractivity contribution >= 4 is 12.4 Å². The zero-order valence-electron chi connectivity index (χ0n) is 8.64. The molecule has 0 fully saturated rings. The number of hydrogen-bond acceptors (Lipinski definition) is 3. The van der Waals surface area contributed by atoms with Crippen molar-refractivity contribution in [2.24, 2.45) is 5.73 Å². The maximum atomic E-state index is 8.55. The third-order valence-electron chi connectivity index (χ3n) is 1.93. The number of nitrogens with two attached hydrogens (primary N) is 1. The van der Waals surface area contributed by atoms with Crippen molar-refractivity contribution in [1.82, 2.24) is 0 Å². The first-order valence-electron chi connectivity index (χ1n) is 4.63. The topological polar surface area (TPSA) is 59.0 Å². The Morgan fingerprint density at radius 1 is 1.47 bits per heavy atom. The molecule has 82 valence electrons. The molecule has 1 rings (SSSR count). The molecule has 15 heavy (non-hydrogen) atoms.